The van der Waals surface area contributed by atoms with E-state index in [9.17, 15) is 13.2 Å². The van der Waals surface area contributed by atoms with Gasteiger partial charge in [-0.1, -0.05) is 32.0 Å². The second kappa shape index (κ2) is 7.11. The van der Waals surface area contributed by atoms with Gasteiger partial charge in [-0.05, 0) is 54.7 Å². The zero-order valence-electron chi connectivity index (χ0n) is 15.3. The molecule has 0 spiro atoms. The maximum Gasteiger partial charge on any atom is 0.262 e. The quantitative estimate of drug-likeness (QED) is 0.861. The predicted octanol–water partition coefficient (Wildman–Crippen LogP) is 4.05. The topological polar surface area (TPSA) is 66.5 Å². The summed E-state index contributed by atoms with van der Waals surface area (Å²) in [7, 11) is -3.71. The molecule has 0 unspecified atom stereocenters. The summed E-state index contributed by atoms with van der Waals surface area (Å²) in [5, 5.41) is 0. The summed E-state index contributed by atoms with van der Waals surface area (Å²) >= 11 is 0. The Balaban J connectivity index is 1.92. The molecule has 1 heterocycles. The largest absolute Gasteiger partial charge is 0.312 e. The molecule has 0 saturated carbocycles. The lowest BCUT2D eigenvalue weighted by Gasteiger charge is -2.19. The van der Waals surface area contributed by atoms with Crippen molar-refractivity contribution in [1.82, 2.24) is 0 Å². The Kier molecular flexibility index (Phi) is 5.05. The minimum Gasteiger partial charge on any atom is -0.312 e. The molecular weight excluding hydrogens is 348 g/mol. The third-order valence-corrected chi connectivity index (χ3v) is 6.19. The van der Waals surface area contributed by atoms with Crippen LogP contribution in [-0.4, -0.2) is 20.9 Å². The Bertz CT molecular complexity index is 936. The van der Waals surface area contributed by atoms with E-state index in [4.69, 9.17) is 0 Å². The molecule has 0 bridgehead atoms. The zero-order chi connectivity index (χ0) is 18.9. The molecule has 2 aromatic carbocycles. The lowest BCUT2D eigenvalue weighted by atomic mass is 10.0. The van der Waals surface area contributed by atoms with Gasteiger partial charge in [0, 0.05) is 18.7 Å². The molecule has 138 valence electrons. The molecule has 0 aromatic heterocycles. The Morgan fingerprint density at radius 1 is 1.12 bits per heavy atom. The van der Waals surface area contributed by atoms with Crippen LogP contribution in [0.3, 0.4) is 0 Å². The van der Waals surface area contributed by atoms with Gasteiger partial charge in [0.2, 0.25) is 5.91 Å². The van der Waals surface area contributed by atoms with Crippen LogP contribution < -0.4 is 9.62 Å². The van der Waals surface area contributed by atoms with Crippen molar-refractivity contribution in [3.63, 3.8) is 0 Å². The summed E-state index contributed by atoms with van der Waals surface area (Å²) in [5.74, 6) is 0.294. The first kappa shape index (κ1) is 18.5. The van der Waals surface area contributed by atoms with Crippen LogP contribution in [0.1, 0.15) is 43.7 Å². The van der Waals surface area contributed by atoms with E-state index < -0.39 is 10.0 Å². The molecule has 3 rings (SSSR count). The fourth-order valence-electron chi connectivity index (χ4n) is 3.32. The number of benzene rings is 2. The maximum absolute atomic E-state index is 12.9. The number of nitrogens with zero attached hydrogens (tertiary/aromatic N) is 1. The average molecular weight is 372 g/mol. The van der Waals surface area contributed by atoms with Crippen LogP contribution in [-0.2, 0) is 14.8 Å². The highest BCUT2D eigenvalue weighted by Crippen LogP contribution is 2.29. The number of anilines is 2. The minimum atomic E-state index is -3.71. The highest BCUT2D eigenvalue weighted by Gasteiger charge is 2.24. The fraction of sp³-hybridized carbons (Fsp3) is 0.350. The number of carbonyl (C=O) groups excluding carboxylic acids is 1. The molecule has 0 aliphatic carbocycles. The third kappa shape index (κ3) is 3.60. The zero-order valence-corrected chi connectivity index (χ0v) is 16.1. The van der Waals surface area contributed by atoms with E-state index in [1.54, 1.807) is 36.1 Å². The van der Waals surface area contributed by atoms with E-state index in [-0.39, 0.29) is 16.7 Å². The number of hydrogen-bond acceptors (Lipinski definition) is 3. The SMILES string of the molecule is Cc1cc(N2CCCC2=O)ccc1S(=O)(=O)Nc1ccccc1C(C)C. The Labute approximate surface area is 155 Å². The van der Waals surface area contributed by atoms with Gasteiger partial charge in [-0.15, -0.1) is 0 Å². The van der Waals surface area contributed by atoms with Crippen molar-refractivity contribution >= 4 is 27.3 Å². The number of nitrogens with one attached hydrogen (secondary N) is 1. The molecule has 2 aromatic rings. The Hall–Kier alpha value is -2.34. The molecular formula is C20H24N2O3S. The first-order valence-corrected chi connectivity index (χ1v) is 10.3. The second-order valence-electron chi connectivity index (χ2n) is 6.95. The van der Waals surface area contributed by atoms with E-state index in [2.05, 4.69) is 4.72 Å². The first-order chi connectivity index (χ1) is 12.3. The van der Waals surface area contributed by atoms with Crippen LogP contribution in [0.4, 0.5) is 11.4 Å². The number of rotatable bonds is 5. The van der Waals surface area contributed by atoms with Gasteiger partial charge in [-0.25, -0.2) is 8.42 Å². The van der Waals surface area contributed by atoms with E-state index in [0.29, 0.717) is 24.2 Å². The van der Waals surface area contributed by atoms with Gasteiger partial charge in [0.25, 0.3) is 10.0 Å². The average Bonchev–Trinajstić information content (AvgIpc) is 3.00. The van der Waals surface area contributed by atoms with Crippen LogP contribution in [0.5, 0.6) is 0 Å². The monoisotopic (exact) mass is 372 g/mol. The lowest BCUT2D eigenvalue weighted by molar-refractivity contribution is -0.117. The molecule has 1 saturated heterocycles. The molecule has 6 heteroatoms. The molecule has 26 heavy (non-hydrogen) atoms. The number of carbonyl (C=O) groups is 1. The smallest absolute Gasteiger partial charge is 0.262 e. The fourth-order valence-corrected chi connectivity index (χ4v) is 4.63. The van der Waals surface area contributed by atoms with Crippen LogP contribution in [0.15, 0.2) is 47.4 Å². The third-order valence-electron chi connectivity index (χ3n) is 4.66. The summed E-state index contributed by atoms with van der Waals surface area (Å²) in [5.41, 5.74) is 2.93. The van der Waals surface area contributed by atoms with E-state index in [0.717, 1.165) is 17.7 Å². The summed E-state index contributed by atoms with van der Waals surface area (Å²) in [4.78, 5) is 13.8. The maximum atomic E-state index is 12.9. The molecule has 0 radical (unpaired) electrons. The molecule has 1 aliphatic heterocycles. The summed E-state index contributed by atoms with van der Waals surface area (Å²) in [6.45, 7) is 6.50. The van der Waals surface area contributed by atoms with Crippen molar-refractivity contribution in [3.05, 3.63) is 53.6 Å². The van der Waals surface area contributed by atoms with Crippen molar-refractivity contribution in [2.75, 3.05) is 16.2 Å². The van der Waals surface area contributed by atoms with Gasteiger partial charge < -0.3 is 4.90 Å². The van der Waals surface area contributed by atoms with E-state index in [1.807, 2.05) is 32.0 Å². The second-order valence-corrected chi connectivity index (χ2v) is 8.60. The van der Waals surface area contributed by atoms with Crippen LogP contribution in [0.25, 0.3) is 0 Å². The van der Waals surface area contributed by atoms with Crippen LogP contribution >= 0.6 is 0 Å². The van der Waals surface area contributed by atoms with Crippen molar-refractivity contribution in [3.8, 4) is 0 Å². The van der Waals surface area contributed by atoms with E-state index >= 15 is 0 Å². The van der Waals surface area contributed by atoms with Crippen molar-refractivity contribution < 1.29 is 13.2 Å². The summed E-state index contributed by atoms with van der Waals surface area (Å²) < 4.78 is 28.5. The molecule has 1 fully saturated rings. The number of sulfonamides is 1. The summed E-state index contributed by atoms with van der Waals surface area (Å²) in [6.07, 6.45) is 1.39. The van der Waals surface area contributed by atoms with Gasteiger partial charge in [-0.3, -0.25) is 9.52 Å². The lowest BCUT2D eigenvalue weighted by Crippen LogP contribution is -2.24. The van der Waals surface area contributed by atoms with Crippen LogP contribution in [0, 0.1) is 6.92 Å². The van der Waals surface area contributed by atoms with Gasteiger partial charge in [-0.2, -0.15) is 0 Å². The predicted molar refractivity (Wildman–Crippen MR) is 104 cm³/mol. The normalized spacial score (nSPS) is 14.9. The number of amides is 1. The Morgan fingerprint density at radius 3 is 2.46 bits per heavy atom. The standard InChI is InChI=1S/C20H24N2O3S/c1-14(2)17-7-4-5-8-18(17)21-26(24,25)19-11-10-16(13-15(19)3)22-12-6-9-20(22)23/h4-5,7-8,10-11,13-14,21H,6,9,12H2,1-3H3. The van der Waals surface area contributed by atoms with Crippen molar-refractivity contribution in [2.45, 2.75) is 44.4 Å². The number of hydrogen-bond donors (Lipinski definition) is 1. The van der Waals surface area contributed by atoms with Gasteiger partial charge in [0.15, 0.2) is 0 Å². The van der Waals surface area contributed by atoms with Gasteiger partial charge >= 0.3 is 0 Å². The Morgan fingerprint density at radius 2 is 1.85 bits per heavy atom. The molecule has 1 amide bonds. The molecule has 0 atom stereocenters. The minimum absolute atomic E-state index is 0.0870. The van der Waals surface area contributed by atoms with Crippen molar-refractivity contribution in [1.29, 1.82) is 0 Å². The highest BCUT2D eigenvalue weighted by molar-refractivity contribution is 7.92. The van der Waals surface area contributed by atoms with Crippen LogP contribution in [0.2, 0.25) is 0 Å². The number of para-hydroxylation sites is 1. The summed E-state index contributed by atoms with van der Waals surface area (Å²) in [6, 6.07) is 12.5. The molecule has 1 aliphatic rings. The van der Waals surface area contributed by atoms with Gasteiger partial charge in [0.05, 0.1) is 10.6 Å². The molecule has 1 N–H and O–H groups in total. The van der Waals surface area contributed by atoms with Gasteiger partial charge in [0.1, 0.15) is 0 Å². The first-order valence-electron chi connectivity index (χ1n) is 8.82. The number of aryl methyl sites for hydroxylation is 1. The van der Waals surface area contributed by atoms with Crippen molar-refractivity contribution in [2.24, 2.45) is 0 Å². The van der Waals surface area contributed by atoms with E-state index in [1.165, 1.54) is 0 Å². The highest BCUT2D eigenvalue weighted by atomic mass is 32.2. The molecule has 5 nitrogen and oxygen atoms in total.